The summed E-state index contributed by atoms with van der Waals surface area (Å²) in [6.45, 7) is 2.19. The molecule has 0 amide bonds. The van der Waals surface area contributed by atoms with Crippen LogP contribution in [0.4, 0.5) is 0 Å². The van der Waals surface area contributed by atoms with Crippen LogP contribution in [-0.4, -0.2) is 25.0 Å². The monoisotopic (exact) mass is 132 g/mol. The Hall–Kier alpha value is 0.350. The smallest absolute Gasteiger partial charge is 0.0340 e. The van der Waals surface area contributed by atoms with Gasteiger partial charge in [0.2, 0.25) is 0 Å². The SMILES string of the molecule is NC1CNCCCP1. The zero-order valence-electron chi connectivity index (χ0n) is 4.98. The lowest BCUT2D eigenvalue weighted by Gasteiger charge is -2.04. The summed E-state index contributed by atoms with van der Waals surface area (Å²) in [7, 11) is 0.984. The van der Waals surface area contributed by atoms with Crippen molar-refractivity contribution in [2.24, 2.45) is 5.73 Å². The molecule has 0 radical (unpaired) electrons. The average molecular weight is 132 g/mol. The summed E-state index contributed by atoms with van der Waals surface area (Å²) in [5.41, 5.74) is 5.68. The summed E-state index contributed by atoms with van der Waals surface area (Å²) in [6, 6.07) is 0. The van der Waals surface area contributed by atoms with Crippen molar-refractivity contribution >= 4 is 8.58 Å². The summed E-state index contributed by atoms with van der Waals surface area (Å²) < 4.78 is 0. The standard InChI is InChI=1S/C5H13N2P/c6-5-4-7-2-1-3-8-5/h5,7-8H,1-4,6H2. The summed E-state index contributed by atoms with van der Waals surface area (Å²) >= 11 is 0. The third kappa shape index (κ3) is 2.08. The van der Waals surface area contributed by atoms with Gasteiger partial charge in [0.1, 0.15) is 0 Å². The first-order valence-corrected chi connectivity index (χ1v) is 4.38. The van der Waals surface area contributed by atoms with Gasteiger partial charge in [0, 0.05) is 12.3 Å². The highest BCUT2D eigenvalue weighted by Crippen LogP contribution is 2.16. The van der Waals surface area contributed by atoms with E-state index in [0.29, 0.717) is 5.78 Å². The molecule has 48 valence electrons. The Kier molecular flexibility index (Phi) is 2.74. The first kappa shape index (κ1) is 6.47. The van der Waals surface area contributed by atoms with Crippen LogP contribution < -0.4 is 11.1 Å². The minimum absolute atomic E-state index is 0.442. The van der Waals surface area contributed by atoms with Gasteiger partial charge in [0.15, 0.2) is 0 Å². The van der Waals surface area contributed by atoms with E-state index in [4.69, 9.17) is 5.73 Å². The highest BCUT2D eigenvalue weighted by molar-refractivity contribution is 7.38. The average Bonchev–Trinajstić information content (AvgIpc) is 1.94. The summed E-state index contributed by atoms with van der Waals surface area (Å²) in [5, 5.41) is 3.28. The van der Waals surface area contributed by atoms with E-state index in [2.05, 4.69) is 5.32 Å². The third-order valence-corrected chi connectivity index (χ3v) is 2.67. The molecule has 8 heavy (non-hydrogen) atoms. The minimum Gasteiger partial charge on any atom is -0.323 e. The van der Waals surface area contributed by atoms with Crippen LogP contribution in [0.3, 0.4) is 0 Å². The zero-order chi connectivity index (χ0) is 5.82. The first-order chi connectivity index (χ1) is 3.89. The molecule has 3 heteroatoms. The van der Waals surface area contributed by atoms with E-state index in [1.54, 1.807) is 0 Å². The Morgan fingerprint density at radius 3 is 3.38 bits per heavy atom. The van der Waals surface area contributed by atoms with E-state index in [0.717, 1.165) is 15.1 Å². The van der Waals surface area contributed by atoms with Crippen molar-refractivity contribution in [3.8, 4) is 0 Å². The van der Waals surface area contributed by atoms with Crippen LogP contribution >= 0.6 is 8.58 Å². The summed E-state index contributed by atoms with van der Waals surface area (Å²) in [5.74, 6) is 0.442. The van der Waals surface area contributed by atoms with Gasteiger partial charge >= 0.3 is 0 Å². The Balaban J connectivity index is 2.17. The van der Waals surface area contributed by atoms with Crippen LogP contribution in [0.25, 0.3) is 0 Å². The van der Waals surface area contributed by atoms with Crippen molar-refractivity contribution in [3.63, 3.8) is 0 Å². The Bertz CT molecular complexity index is 59.4. The maximum atomic E-state index is 5.68. The zero-order valence-corrected chi connectivity index (χ0v) is 5.98. The van der Waals surface area contributed by atoms with Crippen molar-refractivity contribution in [2.75, 3.05) is 19.3 Å². The summed E-state index contributed by atoms with van der Waals surface area (Å²) in [6.07, 6.45) is 2.64. The number of nitrogens with one attached hydrogen (secondary N) is 1. The molecule has 0 saturated carbocycles. The van der Waals surface area contributed by atoms with E-state index in [1.165, 1.54) is 19.1 Å². The molecule has 1 heterocycles. The maximum Gasteiger partial charge on any atom is 0.0340 e. The molecule has 0 aromatic carbocycles. The molecule has 0 spiro atoms. The van der Waals surface area contributed by atoms with E-state index < -0.39 is 0 Å². The number of rotatable bonds is 0. The first-order valence-electron chi connectivity index (χ1n) is 3.09. The van der Waals surface area contributed by atoms with Crippen LogP contribution in [-0.2, 0) is 0 Å². The van der Waals surface area contributed by atoms with Gasteiger partial charge in [-0.05, 0) is 19.1 Å². The van der Waals surface area contributed by atoms with E-state index in [9.17, 15) is 0 Å². The van der Waals surface area contributed by atoms with Crippen LogP contribution in [0.5, 0.6) is 0 Å². The molecule has 0 aromatic heterocycles. The predicted molar refractivity (Wildman–Crippen MR) is 38.6 cm³/mol. The minimum atomic E-state index is 0.442. The van der Waals surface area contributed by atoms with Gasteiger partial charge in [0.05, 0.1) is 0 Å². The van der Waals surface area contributed by atoms with Gasteiger partial charge in [-0.2, -0.15) is 0 Å². The van der Waals surface area contributed by atoms with Gasteiger partial charge in [-0.3, -0.25) is 0 Å². The Morgan fingerprint density at radius 1 is 1.62 bits per heavy atom. The number of hydrogen-bond acceptors (Lipinski definition) is 2. The molecule has 2 unspecified atom stereocenters. The molecule has 3 N–H and O–H groups in total. The van der Waals surface area contributed by atoms with Crippen LogP contribution in [0.2, 0.25) is 0 Å². The fourth-order valence-electron chi connectivity index (χ4n) is 0.831. The lowest BCUT2D eigenvalue weighted by atomic mass is 10.5. The fraction of sp³-hybridized carbons (Fsp3) is 1.00. The number of hydrogen-bond donors (Lipinski definition) is 2. The molecule has 1 aliphatic heterocycles. The van der Waals surface area contributed by atoms with Crippen LogP contribution in [0.15, 0.2) is 0 Å². The van der Waals surface area contributed by atoms with E-state index in [-0.39, 0.29) is 0 Å². The molecular formula is C5H13N2P. The lowest BCUT2D eigenvalue weighted by Crippen LogP contribution is -2.28. The molecule has 1 rings (SSSR count). The quantitative estimate of drug-likeness (QED) is 0.453. The molecule has 1 saturated heterocycles. The highest BCUT2D eigenvalue weighted by atomic mass is 31.1. The van der Waals surface area contributed by atoms with Crippen LogP contribution in [0, 0.1) is 0 Å². The molecular weight excluding hydrogens is 119 g/mol. The molecule has 1 aliphatic rings. The molecule has 2 nitrogen and oxygen atoms in total. The van der Waals surface area contributed by atoms with Crippen molar-refractivity contribution < 1.29 is 0 Å². The van der Waals surface area contributed by atoms with Crippen molar-refractivity contribution in [1.29, 1.82) is 0 Å². The molecule has 0 bridgehead atoms. The fourth-order valence-corrected chi connectivity index (χ4v) is 1.87. The normalized spacial score (nSPS) is 34.9. The van der Waals surface area contributed by atoms with E-state index in [1.807, 2.05) is 0 Å². The van der Waals surface area contributed by atoms with Gasteiger partial charge in [-0.1, -0.05) is 0 Å². The molecule has 2 atom stereocenters. The van der Waals surface area contributed by atoms with Crippen molar-refractivity contribution in [2.45, 2.75) is 12.2 Å². The Labute approximate surface area is 52.0 Å². The Morgan fingerprint density at radius 2 is 2.50 bits per heavy atom. The second kappa shape index (κ2) is 3.39. The highest BCUT2D eigenvalue weighted by Gasteiger charge is 2.04. The molecule has 1 fully saturated rings. The van der Waals surface area contributed by atoms with E-state index >= 15 is 0 Å². The van der Waals surface area contributed by atoms with Gasteiger partial charge in [-0.15, -0.1) is 8.58 Å². The maximum absolute atomic E-state index is 5.68. The molecule has 0 aliphatic carbocycles. The molecule has 0 aromatic rings. The topological polar surface area (TPSA) is 38.0 Å². The van der Waals surface area contributed by atoms with Crippen molar-refractivity contribution in [3.05, 3.63) is 0 Å². The van der Waals surface area contributed by atoms with Crippen molar-refractivity contribution in [1.82, 2.24) is 5.32 Å². The lowest BCUT2D eigenvalue weighted by molar-refractivity contribution is 0.679. The van der Waals surface area contributed by atoms with Gasteiger partial charge in [0.25, 0.3) is 0 Å². The second-order valence-corrected chi connectivity index (χ2v) is 3.77. The number of nitrogens with two attached hydrogens (primary N) is 1. The van der Waals surface area contributed by atoms with Gasteiger partial charge in [-0.25, -0.2) is 0 Å². The van der Waals surface area contributed by atoms with Gasteiger partial charge < -0.3 is 11.1 Å². The van der Waals surface area contributed by atoms with Crippen LogP contribution in [0.1, 0.15) is 6.42 Å². The second-order valence-electron chi connectivity index (χ2n) is 2.12. The summed E-state index contributed by atoms with van der Waals surface area (Å²) in [4.78, 5) is 0. The predicted octanol–water partition coefficient (Wildman–Crippen LogP) is -0.0570. The largest absolute Gasteiger partial charge is 0.323 e. The third-order valence-electron chi connectivity index (χ3n) is 1.30.